The number of H-pyrrole nitrogens is 1. The van der Waals surface area contributed by atoms with Gasteiger partial charge < -0.3 is 16.0 Å². The van der Waals surface area contributed by atoms with Crippen LogP contribution in [0.15, 0.2) is 21.5 Å². The lowest BCUT2D eigenvalue weighted by molar-refractivity contribution is -0.119. The molecule has 4 N–H and O–H groups in total. The Labute approximate surface area is 131 Å². The van der Waals surface area contributed by atoms with Crippen molar-refractivity contribution in [3.8, 4) is 0 Å². The van der Waals surface area contributed by atoms with Crippen molar-refractivity contribution in [3.63, 3.8) is 0 Å². The van der Waals surface area contributed by atoms with Crippen LogP contribution in [0.5, 0.6) is 0 Å². The van der Waals surface area contributed by atoms with E-state index in [0.717, 1.165) is 17.3 Å². The number of anilines is 1. The maximum Gasteiger partial charge on any atom is 0.271 e. The Balaban J connectivity index is 0.00000162. The predicted octanol–water partition coefficient (Wildman–Crippen LogP) is 2.05. The summed E-state index contributed by atoms with van der Waals surface area (Å²) in [6.07, 6.45) is 3.88. The summed E-state index contributed by atoms with van der Waals surface area (Å²) >= 11 is 3.24. The van der Waals surface area contributed by atoms with Crippen molar-refractivity contribution in [1.82, 2.24) is 4.98 Å². The average Bonchev–Trinajstić information content (AvgIpc) is 2.70. The van der Waals surface area contributed by atoms with Crippen molar-refractivity contribution < 1.29 is 4.79 Å². The van der Waals surface area contributed by atoms with Crippen LogP contribution >= 0.6 is 40.7 Å². The van der Waals surface area contributed by atoms with Gasteiger partial charge in [0.15, 0.2) is 0 Å². The Morgan fingerprint density at radius 1 is 1.42 bits per heavy atom. The Hall–Kier alpha value is -0.560. The molecule has 2 atom stereocenters. The molecule has 1 aliphatic rings. The summed E-state index contributed by atoms with van der Waals surface area (Å²) in [4.78, 5) is 25.9. The second kappa shape index (κ2) is 7.89. The fourth-order valence-electron chi connectivity index (χ4n) is 2.04. The van der Waals surface area contributed by atoms with Gasteiger partial charge in [-0.05, 0) is 41.3 Å². The molecule has 1 saturated carbocycles. The SMILES string of the molecule is Cl.Cl.NC1CCC(C(=O)Nc2cc(Br)c[nH]c2=O)C1. The van der Waals surface area contributed by atoms with E-state index in [-0.39, 0.29) is 53.9 Å². The number of carbonyl (C=O) groups excluding carboxylic acids is 1. The molecule has 2 unspecified atom stereocenters. The van der Waals surface area contributed by atoms with Gasteiger partial charge in [0, 0.05) is 22.6 Å². The van der Waals surface area contributed by atoms with E-state index in [1.807, 2.05) is 0 Å². The third-order valence-electron chi connectivity index (χ3n) is 2.97. The van der Waals surface area contributed by atoms with Crippen molar-refractivity contribution in [1.29, 1.82) is 0 Å². The maximum atomic E-state index is 11.9. The van der Waals surface area contributed by atoms with Crippen LogP contribution < -0.4 is 16.6 Å². The first-order valence-electron chi connectivity index (χ1n) is 5.51. The number of amides is 1. The summed E-state index contributed by atoms with van der Waals surface area (Å²) in [6, 6.07) is 1.69. The summed E-state index contributed by atoms with van der Waals surface area (Å²) in [7, 11) is 0. The van der Waals surface area contributed by atoms with Gasteiger partial charge in [0.25, 0.3) is 5.56 Å². The second-order valence-corrected chi connectivity index (χ2v) is 5.24. The zero-order chi connectivity index (χ0) is 12.4. The Kier molecular flexibility index (Phi) is 7.66. The number of carbonyl (C=O) groups is 1. The summed E-state index contributed by atoms with van der Waals surface area (Å²) in [5, 5.41) is 2.65. The number of hydrogen-bond acceptors (Lipinski definition) is 3. The number of nitrogens with two attached hydrogens (primary N) is 1. The molecule has 0 aliphatic heterocycles. The quantitative estimate of drug-likeness (QED) is 0.742. The molecular formula is C11H16BrCl2N3O2. The third kappa shape index (κ3) is 4.80. The average molecular weight is 373 g/mol. The third-order valence-corrected chi connectivity index (χ3v) is 3.43. The molecule has 1 fully saturated rings. The molecule has 0 saturated heterocycles. The lowest BCUT2D eigenvalue weighted by Gasteiger charge is -2.10. The number of pyridine rings is 1. The molecule has 1 aliphatic carbocycles. The first kappa shape index (κ1) is 18.4. The van der Waals surface area contributed by atoms with Gasteiger partial charge in [-0.3, -0.25) is 9.59 Å². The molecule has 19 heavy (non-hydrogen) atoms. The molecule has 8 heteroatoms. The highest BCUT2D eigenvalue weighted by atomic mass is 79.9. The van der Waals surface area contributed by atoms with Crippen LogP contribution in [0.1, 0.15) is 19.3 Å². The van der Waals surface area contributed by atoms with E-state index in [4.69, 9.17) is 5.73 Å². The molecular weight excluding hydrogens is 357 g/mol. The fraction of sp³-hybridized carbons (Fsp3) is 0.455. The second-order valence-electron chi connectivity index (χ2n) is 4.32. The van der Waals surface area contributed by atoms with Crippen molar-refractivity contribution in [3.05, 3.63) is 27.1 Å². The van der Waals surface area contributed by atoms with Gasteiger partial charge in [0.2, 0.25) is 5.91 Å². The van der Waals surface area contributed by atoms with Crippen LogP contribution in [0.25, 0.3) is 0 Å². The van der Waals surface area contributed by atoms with E-state index < -0.39 is 0 Å². The Bertz CT molecular complexity index is 495. The number of rotatable bonds is 2. The lowest BCUT2D eigenvalue weighted by atomic mass is 10.1. The molecule has 1 aromatic rings. The van der Waals surface area contributed by atoms with Crippen LogP contribution in [0, 0.1) is 5.92 Å². The van der Waals surface area contributed by atoms with E-state index >= 15 is 0 Å². The number of halogens is 3. The molecule has 1 aromatic heterocycles. The topological polar surface area (TPSA) is 88.0 Å². The smallest absolute Gasteiger partial charge is 0.271 e. The standard InChI is InChI=1S/C11H14BrN3O2.2ClH/c12-7-4-9(11(17)14-5-7)15-10(16)6-1-2-8(13)3-6;;/h4-6,8H,1-3,13H2,(H,14,17)(H,15,16);2*1H. The zero-order valence-electron chi connectivity index (χ0n) is 10.0. The first-order chi connectivity index (χ1) is 8.06. The highest BCUT2D eigenvalue weighted by molar-refractivity contribution is 9.10. The molecule has 0 radical (unpaired) electrons. The van der Waals surface area contributed by atoms with Crippen LogP contribution in [-0.4, -0.2) is 16.9 Å². The first-order valence-corrected chi connectivity index (χ1v) is 6.30. The van der Waals surface area contributed by atoms with E-state index in [9.17, 15) is 9.59 Å². The summed E-state index contributed by atoms with van der Waals surface area (Å²) in [5.41, 5.74) is 5.72. The van der Waals surface area contributed by atoms with Crippen LogP contribution in [-0.2, 0) is 4.79 Å². The van der Waals surface area contributed by atoms with Crippen molar-refractivity contribution in [2.24, 2.45) is 11.7 Å². The highest BCUT2D eigenvalue weighted by Crippen LogP contribution is 2.25. The number of hydrogen-bond donors (Lipinski definition) is 3. The number of aromatic amines is 1. The summed E-state index contributed by atoms with van der Waals surface area (Å²) in [6.45, 7) is 0. The fourth-order valence-corrected chi connectivity index (χ4v) is 2.38. The molecule has 1 amide bonds. The van der Waals surface area contributed by atoms with Crippen molar-refractivity contribution in [2.45, 2.75) is 25.3 Å². The van der Waals surface area contributed by atoms with Crippen molar-refractivity contribution in [2.75, 3.05) is 5.32 Å². The zero-order valence-corrected chi connectivity index (χ0v) is 13.2. The molecule has 0 aromatic carbocycles. The van der Waals surface area contributed by atoms with E-state index in [0.29, 0.717) is 6.42 Å². The largest absolute Gasteiger partial charge is 0.328 e. The van der Waals surface area contributed by atoms with E-state index in [1.165, 1.54) is 6.20 Å². The normalized spacial score (nSPS) is 21.2. The Morgan fingerprint density at radius 3 is 2.68 bits per heavy atom. The number of aromatic nitrogens is 1. The molecule has 2 rings (SSSR count). The molecule has 108 valence electrons. The van der Waals surface area contributed by atoms with E-state index in [1.54, 1.807) is 6.07 Å². The summed E-state index contributed by atoms with van der Waals surface area (Å²) in [5.74, 6) is -0.204. The Morgan fingerprint density at radius 2 is 2.11 bits per heavy atom. The van der Waals surface area contributed by atoms with Gasteiger partial charge >= 0.3 is 0 Å². The van der Waals surface area contributed by atoms with Gasteiger partial charge in [0.1, 0.15) is 5.69 Å². The van der Waals surface area contributed by atoms with Gasteiger partial charge in [-0.2, -0.15) is 0 Å². The minimum Gasteiger partial charge on any atom is -0.328 e. The minimum atomic E-state index is -0.302. The van der Waals surface area contributed by atoms with Gasteiger partial charge in [-0.25, -0.2) is 0 Å². The molecule has 0 spiro atoms. The predicted molar refractivity (Wildman–Crippen MR) is 83.2 cm³/mol. The monoisotopic (exact) mass is 371 g/mol. The van der Waals surface area contributed by atoms with Crippen LogP contribution in [0.2, 0.25) is 0 Å². The van der Waals surface area contributed by atoms with E-state index in [2.05, 4.69) is 26.2 Å². The van der Waals surface area contributed by atoms with Crippen LogP contribution in [0.4, 0.5) is 5.69 Å². The minimum absolute atomic E-state index is 0. The molecule has 0 bridgehead atoms. The van der Waals surface area contributed by atoms with Crippen molar-refractivity contribution >= 4 is 52.3 Å². The number of nitrogens with one attached hydrogen (secondary N) is 2. The van der Waals surface area contributed by atoms with Gasteiger partial charge in [-0.1, -0.05) is 0 Å². The highest BCUT2D eigenvalue weighted by Gasteiger charge is 2.28. The van der Waals surface area contributed by atoms with Crippen LogP contribution in [0.3, 0.4) is 0 Å². The molecule has 1 heterocycles. The lowest BCUT2D eigenvalue weighted by Crippen LogP contribution is -2.26. The van der Waals surface area contributed by atoms with Gasteiger partial charge in [0.05, 0.1) is 0 Å². The van der Waals surface area contributed by atoms with Gasteiger partial charge in [-0.15, -0.1) is 24.8 Å². The summed E-state index contributed by atoms with van der Waals surface area (Å²) < 4.78 is 0.718. The molecule has 5 nitrogen and oxygen atoms in total. The maximum absolute atomic E-state index is 11.9.